The van der Waals surface area contributed by atoms with E-state index in [1.165, 1.54) is 20.8 Å². The molecule has 0 unspecified atom stereocenters. The molecule has 0 radical (unpaired) electrons. The van der Waals surface area contributed by atoms with E-state index in [2.05, 4.69) is 22.0 Å². The Morgan fingerprint density at radius 1 is 1.15 bits per heavy atom. The lowest BCUT2D eigenvalue weighted by molar-refractivity contribution is 0.0341. The van der Waals surface area contributed by atoms with Gasteiger partial charge >= 0.3 is 5.69 Å². The van der Waals surface area contributed by atoms with Crippen LogP contribution in [0.2, 0.25) is 0 Å². The van der Waals surface area contributed by atoms with Crippen molar-refractivity contribution in [1.82, 2.24) is 19.0 Å². The number of ether oxygens (including phenoxy) is 1. The molecule has 3 aromatic rings. The van der Waals surface area contributed by atoms with Gasteiger partial charge < -0.3 is 10.5 Å². The Morgan fingerprint density at radius 3 is 2.59 bits per heavy atom. The summed E-state index contributed by atoms with van der Waals surface area (Å²) in [5.41, 5.74) is 9.06. The van der Waals surface area contributed by atoms with Crippen molar-refractivity contribution in [1.29, 1.82) is 0 Å². The Balaban J connectivity index is 1.61. The van der Waals surface area contributed by atoms with Gasteiger partial charge in [-0.25, -0.2) is 18.7 Å². The van der Waals surface area contributed by atoms with E-state index in [0.29, 0.717) is 18.5 Å². The Bertz CT molecular complexity index is 1530. The van der Waals surface area contributed by atoms with E-state index < -0.39 is 17.1 Å². The van der Waals surface area contributed by atoms with Crippen LogP contribution < -0.4 is 17.0 Å². The minimum absolute atomic E-state index is 0.0629. The number of morpholine rings is 1. The number of nitrogens with two attached hydrogens (primary N) is 1. The maximum absolute atomic E-state index is 14.3. The van der Waals surface area contributed by atoms with Crippen LogP contribution >= 0.6 is 0 Å². The lowest BCUT2D eigenvalue weighted by atomic mass is 9.91. The molecule has 1 aromatic carbocycles. The van der Waals surface area contributed by atoms with E-state index in [0.717, 1.165) is 63.0 Å². The molecule has 39 heavy (non-hydrogen) atoms. The van der Waals surface area contributed by atoms with Gasteiger partial charge in [-0.3, -0.25) is 14.3 Å². The summed E-state index contributed by atoms with van der Waals surface area (Å²) in [5, 5.41) is 0.0857. The molecular weight excluding hydrogens is 497 g/mol. The normalized spacial score (nSPS) is 21.4. The Kier molecular flexibility index (Phi) is 8.20. The van der Waals surface area contributed by atoms with Gasteiger partial charge in [-0.15, -0.1) is 0 Å². The SMILES string of the molecule is C/C=C(\C=C(/C)c1ccccc1CN1CCOCC1)n1c(=O)n(C2CCC(N)CC2)c(=O)c2cc(F)cnc21. The number of halogens is 1. The molecule has 1 aliphatic carbocycles. The molecule has 0 atom stereocenters. The lowest BCUT2D eigenvalue weighted by Gasteiger charge is -2.28. The summed E-state index contributed by atoms with van der Waals surface area (Å²) in [6.45, 7) is 7.88. The van der Waals surface area contributed by atoms with Crippen LogP contribution in [0.25, 0.3) is 22.3 Å². The fourth-order valence-electron chi connectivity index (χ4n) is 5.72. The van der Waals surface area contributed by atoms with Crippen molar-refractivity contribution >= 4 is 22.3 Å². The van der Waals surface area contributed by atoms with Crippen molar-refractivity contribution in [2.45, 2.75) is 58.2 Å². The van der Waals surface area contributed by atoms with E-state index in [4.69, 9.17) is 10.5 Å². The molecule has 5 rings (SSSR count). The van der Waals surface area contributed by atoms with Crippen molar-refractivity contribution in [3.63, 3.8) is 0 Å². The third kappa shape index (κ3) is 5.66. The number of pyridine rings is 1. The van der Waals surface area contributed by atoms with Crippen LogP contribution in [0, 0.1) is 5.82 Å². The van der Waals surface area contributed by atoms with Crippen LogP contribution in [0.4, 0.5) is 4.39 Å². The van der Waals surface area contributed by atoms with Gasteiger partial charge in [-0.1, -0.05) is 30.3 Å². The lowest BCUT2D eigenvalue weighted by Crippen LogP contribution is -2.44. The molecule has 206 valence electrons. The molecule has 0 bridgehead atoms. The number of hydrogen-bond donors (Lipinski definition) is 1. The topological polar surface area (TPSA) is 95.4 Å². The highest BCUT2D eigenvalue weighted by molar-refractivity contribution is 5.82. The molecule has 2 N–H and O–H groups in total. The van der Waals surface area contributed by atoms with Crippen LogP contribution in [0.3, 0.4) is 0 Å². The average Bonchev–Trinajstić information content (AvgIpc) is 2.94. The van der Waals surface area contributed by atoms with E-state index >= 15 is 0 Å². The minimum Gasteiger partial charge on any atom is -0.379 e. The second kappa shape index (κ2) is 11.8. The van der Waals surface area contributed by atoms with Crippen molar-refractivity contribution < 1.29 is 9.13 Å². The van der Waals surface area contributed by atoms with Crippen LogP contribution in [0.15, 0.2) is 58.3 Å². The Morgan fingerprint density at radius 2 is 1.87 bits per heavy atom. The molecule has 2 fully saturated rings. The van der Waals surface area contributed by atoms with E-state index in [1.807, 2.05) is 38.1 Å². The van der Waals surface area contributed by atoms with E-state index in [1.54, 1.807) is 0 Å². The first-order valence-corrected chi connectivity index (χ1v) is 13.7. The summed E-state index contributed by atoms with van der Waals surface area (Å²) in [5.74, 6) is -0.618. The van der Waals surface area contributed by atoms with E-state index in [-0.39, 0.29) is 23.1 Å². The largest absolute Gasteiger partial charge is 0.379 e. The number of fused-ring (bicyclic) bond motifs is 1. The van der Waals surface area contributed by atoms with E-state index in [9.17, 15) is 14.0 Å². The molecule has 1 aliphatic heterocycles. The number of aromatic nitrogens is 3. The summed E-state index contributed by atoms with van der Waals surface area (Å²) < 4.78 is 22.5. The predicted molar refractivity (Wildman–Crippen MR) is 152 cm³/mol. The van der Waals surface area contributed by atoms with Crippen LogP contribution in [-0.4, -0.2) is 51.4 Å². The van der Waals surface area contributed by atoms with Gasteiger partial charge in [-0.05, 0) is 68.4 Å². The third-order valence-corrected chi connectivity index (χ3v) is 7.86. The fraction of sp³-hybridized carbons (Fsp3) is 0.433. The summed E-state index contributed by atoms with van der Waals surface area (Å²) in [4.78, 5) is 34.1. The average molecular weight is 534 g/mol. The maximum atomic E-state index is 14.3. The van der Waals surface area contributed by atoms with Crippen molar-refractivity contribution in [3.8, 4) is 0 Å². The second-order valence-corrected chi connectivity index (χ2v) is 10.5. The molecule has 9 heteroatoms. The quantitative estimate of drug-likeness (QED) is 0.483. The zero-order valence-electron chi connectivity index (χ0n) is 22.6. The van der Waals surface area contributed by atoms with Crippen molar-refractivity contribution in [3.05, 3.63) is 86.5 Å². The molecular formula is C30H36FN5O3. The summed E-state index contributed by atoms with van der Waals surface area (Å²) in [6.07, 6.45) is 7.51. The van der Waals surface area contributed by atoms with Gasteiger partial charge in [0.05, 0.1) is 24.8 Å². The summed E-state index contributed by atoms with van der Waals surface area (Å²) in [7, 11) is 0. The molecule has 0 amide bonds. The predicted octanol–water partition coefficient (Wildman–Crippen LogP) is 3.94. The third-order valence-electron chi connectivity index (χ3n) is 7.86. The number of allylic oxidation sites excluding steroid dienone is 4. The van der Waals surface area contributed by atoms with Gasteiger partial charge in [0, 0.05) is 37.4 Å². The zero-order chi connectivity index (χ0) is 27.5. The summed E-state index contributed by atoms with van der Waals surface area (Å²) in [6, 6.07) is 9.19. The first kappa shape index (κ1) is 27.2. The monoisotopic (exact) mass is 533 g/mol. The van der Waals surface area contributed by atoms with Gasteiger partial charge in [0.1, 0.15) is 5.82 Å². The molecule has 8 nitrogen and oxygen atoms in total. The second-order valence-electron chi connectivity index (χ2n) is 10.5. The number of rotatable bonds is 6. The first-order chi connectivity index (χ1) is 18.9. The zero-order valence-corrected chi connectivity index (χ0v) is 22.6. The molecule has 2 aliphatic rings. The number of benzene rings is 1. The number of nitrogens with zero attached hydrogens (tertiary/aromatic N) is 4. The highest BCUT2D eigenvalue weighted by Crippen LogP contribution is 2.27. The maximum Gasteiger partial charge on any atom is 0.337 e. The number of hydrogen-bond acceptors (Lipinski definition) is 6. The fourth-order valence-corrected chi connectivity index (χ4v) is 5.72. The highest BCUT2D eigenvalue weighted by Gasteiger charge is 2.26. The van der Waals surface area contributed by atoms with Crippen molar-refractivity contribution in [2.75, 3.05) is 26.3 Å². The summed E-state index contributed by atoms with van der Waals surface area (Å²) >= 11 is 0. The van der Waals surface area contributed by atoms with Crippen LogP contribution in [0.5, 0.6) is 0 Å². The standard InChI is InChI=1S/C30H36FN5O3/c1-3-24(16-20(2)26-7-5-4-6-21(26)19-34-12-14-39-15-13-34)35-28-27(17-22(31)18-33-28)29(37)36(30(35)38)25-10-8-23(32)9-11-25/h3-7,16-18,23,25H,8-15,19,32H2,1-2H3/b20-16+,24-3+. The molecule has 2 aromatic heterocycles. The van der Waals surface area contributed by atoms with Crippen LogP contribution in [0.1, 0.15) is 56.7 Å². The van der Waals surface area contributed by atoms with Gasteiger partial charge in [0.2, 0.25) is 0 Å². The highest BCUT2D eigenvalue weighted by atomic mass is 19.1. The smallest absolute Gasteiger partial charge is 0.337 e. The Labute approximate surface area is 227 Å². The van der Waals surface area contributed by atoms with Crippen molar-refractivity contribution in [2.24, 2.45) is 5.73 Å². The molecule has 1 saturated heterocycles. The van der Waals surface area contributed by atoms with Gasteiger partial charge in [-0.2, -0.15) is 0 Å². The molecule has 0 spiro atoms. The van der Waals surface area contributed by atoms with Gasteiger partial charge in [0.25, 0.3) is 5.56 Å². The van der Waals surface area contributed by atoms with Gasteiger partial charge in [0.15, 0.2) is 5.65 Å². The minimum atomic E-state index is -0.618. The first-order valence-electron chi connectivity index (χ1n) is 13.7. The Hall–Kier alpha value is -3.40. The van der Waals surface area contributed by atoms with Crippen LogP contribution in [-0.2, 0) is 11.3 Å². The molecule has 3 heterocycles. The molecule has 1 saturated carbocycles.